The molecule has 3 aromatic rings. The number of aliphatic imine (C=N–C) groups is 1. The summed E-state index contributed by atoms with van der Waals surface area (Å²) in [6.07, 6.45) is 4.90. The van der Waals surface area contributed by atoms with E-state index in [0.717, 1.165) is 0 Å². The summed E-state index contributed by atoms with van der Waals surface area (Å²) in [5.74, 6) is 1.52. The molecule has 1 atom stereocenters. The molecule has 5 rings (SSSR count). The first-order valence-corrected chi connectivity index (χ1v) is 10.4. The number of hydrogen-bond acceptors (Lipinski definition) is 5. The lowest BCUT2D eigenvalue weighted by atomic mass is 9.94. The molecule has 32 heavy (non-hydrogen) atoms. The van der Waals surface area contributed by atoms with Crippen molar-refractivity contribution >= 4 is 34.9 Å². The van der Waals surface area contributed by atoms with Gasteiger partial charge in [-0.3, -0.25) is 0 Å². The van der Waals surface area contributed by atoms with Crippen molar-refractivity contribution in [2.24, 2.45) is 4.99 Å². The Balaban J connectivity index is 1.78. The van der Waals surface area contributed by atoms with E-state index in [1.165, 1.54) is 6.07 Å². The zero-order chi connectivity index (χ0) is 22.4. The molecule has 0 amide bonds. The molecular weight excluding hydrogens is 459 g/mol. The summed E-state index contributed by atoms with van der Waals surface area (Å²) in [6.45, 7) is -1.15. The highest BCUT2D eigenvalue weighted by molar-refractivity contribution is 6.45. The zero-order valence-electron chi connectivity index (χ0n) is 16.6. The fourth-order valence-electron chi connectivity index (χ4n) is 3.90. The van der Waals surface area contributed by atoms with Crippen LogP contribution < -0.4 is 4.74 Å². The second-order valence-corrected chi connectivity index (χ2v) is 7.93. The molecule has 2 aliphatic heterocycles. The molecule has 2 aliphatic rings. The Morgan fingerprint density at radius 1 is 1.09 bits per heavy atom. The first-order chi connectivity index (χ1) is 15.4. The number of allylic oxidation sites excluding steroid dienone is 2. The Bertz CT molecular complexity index is 1290. The van der Waals surface area contributed by atoms with E-state index in [9.17, 15) is 8.78 Å². The summed E-state index contributed by atoms with van der Waals surface area (Å²) in [5, 5.41) is 5.34. The normalized spacial score (nSPS) is 17.4. The largest absolute Gasteiger partial charge is 0.434 e. The van der Waals surface area contributed by atoms with Crippen molar-refractivity contribution in [1.82, 2.24) is 19.7 Å². The van der Waals surface area contributed by atoms with Gasteiger partial charge in [0.15, 0.2) is 17.5 Å². The first-order valence-electron chi connectivity index (χ1n) is 9.60. The number of nitrogens with zero attached hydrogens (tertiary/aromatic N) is 5. The topological polar surface area (TPSA) is 55.5 Å². The summed E-state index contributed by atoms with van der Waals surface area (Å²) >= 11 is 12.8. The number of alkyl halides is 2. The van der Waals surface area contributed by atoms with E-state index in [-0.39, 0.29) is 5.75 Å². The van der Waals surface area contributed by atoms with Crippen molar-refractivity contribution in [1.29, 1.82) is 0 Å². The van der Waals surface area contributed by atoms with E-state index in [1.807, 2.05) is 13.0 Å². The van der Waals surface area contributed by atoms with Crippen LogP contribution in [-0.4, -0.2) is 32.1 Å². The van der Waals surface area contributed by atoms with Crippen molar-refractivity contribution in [3.63, 3.8) is 0 Å². The minimum Gasteiger partial charge on any atom is -0.434 e. The molecule has 0 aliphatic carbocycles. The SMILES string of the molecule is Cc1nn(-c2ccccn2)c2c1[C@@H](c1ccccc1OC(F)F)N1C=C(Cl)C=C(Cl)C1=N2. The lowest BCUT2D eigenvalue weighted by Gasteiger charge is -2.37. The minimum atomic E-state index is -2.98. The fraction of sp³-hybridized carbons (Fsp3) is 0.136. The number of para-hydroxylation sites is 1. The van der Waals surface area contributed by atoms with Crippen LogP contribution in [-0.2, 0) is 0 Å². The molecule has 0 N–H and O–H groups in total. The molecule has 6 nitrogen and oxygen atoms in total. The number of aryl methyl sites for hydroxylation is 1. The molecule has 0 fully saturated rings. The van der Waals surface area contributed by atoms with Crippen LogP contribution in [0.5, 0.6) is 5.75 Å². The number of pyridine rings is 1. The van der Waals surface area contributed by atoms with Crippen LogP contribution >= 0.6 is 23.2 Å². The average molecular weight is 474 g/mol. The third-order valence-electron chi connectivity index (χ3n) is 5.13. The highest BCUT2D eigenvalue weighted by atomic mass is 35.5. The van der Waals surface area contributed by atoms with Crippen molar-refractivity contribution in [3.05, 3.63) is 87.8 Å². The standard InChI is InChI=1S/C22H15Cl2F2N5O/c1-12-18-19(14-6-2-3-7-16(14)32-22(25)26)30-11-13(23)10-15(24)20(30)28-21(18)31(29-12)17-8-4-5-9-27-17/h2-11,19,22H,1H3/t19-/m1/s1. The highest BCUT2D eigenvalue weighted by Gasteiger charge is 2.39. The smallest absolute Gasteiger partial charge is 0.387 e. The first kappa shape index (κ1) is 20.7. The van der Waals surface area contributed by atoms with Crippen LogP contribution in [0.4, 0.5) is 14.6 Å². The van der Waals surface area contributed by atoms with Gasteiger partial charge in [-0.25, -0.2) is 9.98 Å². The van der Waals surface area contributed by atoms with Gasteiger partial charge >= 0.3 is 6.61 Å². The maximum absolute atomic E-state index is 13.2. The molecule has 4 heterocycles. The second kappa shape index (κ2) is 8.03. The van der Waals surface area contributed by atoms with Gasteiger partial charge in [-0.1, -0.05) is 47.5 Å². The van der Waals surface area contributed by atoms with Gasteiger partial charge in [-0.2, -0.15) is 18.6 Å². The molecule has 0 radical (unpaired) electrons. The Morgan fingerprint density at radius 2 is 1.88 bits per heavy atom. The van der Waals surface area contributed by atoms with Gasteiger partial charge in [0.25, 0.3) is 0 Å². The van der Waals surface area contributed by atoms with E-state index in [2.05, 4.69) is 10.1 Å². The molecule has 0 bridgehead atoms. The number of benzene rings is 1. The number of halogens is 4. The lowest BCUT2D eigenvalue weighted by molar-refractivity contribution is -0.0507. The van der Waals surface area contributed by atoms with Gasteiger partial charge in [0.1, 0.15) is 5.75 Å². The third-order valence-corrected chi connectivity index (χ3v) is 5.61. The van der Waals surface area contributed by atoms with E-state index in [1.54, 1.807) is 58.4 Å². The number of rotatable bonds is 4. The monoisotopic (exact) mass is 473 g/mol. The Morgan fingerprint density at radius 3 is 2.62 bits per heavy atom. The van der Waals surface area contributed by atoms with E-state index in [0.29, 0.717) is 44.4 Å². The van der Waals surface area contributed by atoms with Crippen molar-refractivity contribution in [2.45, 2.75) is 19.6 Å². The van der Waals surface area contributed by atoms with Crippen LogP contribution in [0.3, 0.4) is 0 Å². The molecule has 0 saturated carbocycles. The van der Waals surface area contributed by atoms with Crippen LogP contribution in [0.2, 0.25) is 0 Å². The maximum atomic E-state index is 13.2. The Hall–Kier alpha value is -3.23. The van der Waals surface area contributed by atoms with Gasteiger partial charge in [0.2, 0.25) is 0 Å². The minimum absolute atomic E-state index is 0.0416. The number of fused-ring (bicyclic) bond motifs is 2. The van der Waals surface area contributed by atoms with E-state index >= 15 is 0 Å². The Kier molecular flexibility index (Phi) is 5.19. The summed E-state index contributed by atoms with van der Waals surface area (Å²) in [6, 6.07) is 11.4. The molecule has 162 valence electrons. The van der Waals surface area contributed by atoms with Crippen molar-refractivity contribution in [3.8, 4) is 11.6 Å². The molecule has 0 unspecified atom stereocenters. The summed E-state index contributed by atoms with van der Waals surface area (Å²) in [5.41, 5.74) is 1.86. The predicted molar refractivity (Wildman–Crippen MR) is 118 cm³/mol. The molecular formula is C22H15Cl2F2N5O. The number of amidine groups is 1. The van der Waals surface area contributed by atoms with Crippen LogP contribution in [0.1, 0.15) is 22.9 Å². The van der Waals surface area contributed by atoms with Crippen LogP contribution in [0.25, 0.3) is 5.82 Å². The van der Waals surface area contributed by atoms with E-state index in [4.69, 9.17) is 32.9 Å². The summed E-state index contributed by atoms with van der Waals surface area (Å²) in [4.78, 5) is 10.9. The van der Waals surface area contributed by atoms with Gasteiger partial charge in [0.05, 0.1) is 21.8 Å². The predicted octanol–water partition coefficient (Wildman–Crippen LogP) is 5.83. The number of ether oxygens (including phenoxy) is 1. The maximum Gasteiger partial charge on any atom is 0.387 e. The fourth-order valence-corrected chi connectivity index (χ4v) is 4.42. The van der Waals surface area contributed by atoms with Crippen molar-refractivity contribution < 1.29 is 13.5 Å². The van der Waals surface area contributed by atoms with Gasteiger partial charge in [-0.15, -0.1) is 0 Å². The van der Waals surface area contributed by atoms with E-state index < -0.39 is 12.7 Å². The summed E-state index contributed by atoms with van der Waals surface area (Å²) in [7, 11) is 0. The van der Waals surface area contributed by atoms with Crippen LogP contribution in [0.15, 0.2) is 76.0 Å². The van der Waals surface area contributed by atoms with Gasteiger partial charge < -0.3 is 9.64 Å². The zero-order valence-corrected chi connectivity index (χ0v) is 18.1. The molecule has 10 heteroatoms. The molecule has 0 saturated heterocycles. The van der Waals surface area contributed by atoms with Crippen molar-refractivity contribution in [2.75, 3.05) is 0 Å². The number of aromatic nitrogens is 3. The molecule has 0 spiro atoms. The highest BCUT2D eigenvalue weighted by Crippen LogP contribution is 2.47. The summed E-state index contributed by atoms with van der Waals surface area (Å²) < 4.78 is 32.8. The average Bonchev–Trinajstić information content (AvgIpc) is 3.10. The van der Waals surface area contributed by atoms with Gasteiger partial charge in [0, 0.05) is 23.5 Å². The third kappa shape index (κ3) is 3.45. The number of hydrogen-bond donors (Lipinski definition) is 0. The molecule has 2 aromatic heterocycles. The second-order valence-electron chi connectivity index (χ2n) is 7.09. The van der Waals surface area contributed by atoms with Crippen LogP contribution in [0, 0.1) is 6.92 Å². The Labute approximate surface area is 192 Å². The lowest BCUT2D eigenvalue weighted by Crippen LogP contribution is -2.36. The quantitative estimate of drug-likeness (QED) is 0.478. The van der Waals surface area contributed by atoms with Gasteiger partial charge in [-0.05, 0) is 31.2 Å². The molecule has 1 aromatic carbocycles.